The van der Waals surface area contributed by atoms with Crippen LogP contribution in [-0.4, -0.2) is 77.2 Å². The van der Waals surface area contributed by atoms with Crippen LogP contribution in [0, 0.1) is 12.5 Å². The van der Waals surface area contributed by atoms with Gasteiger partial charge in [-0.25, -0.2) is 4.85 Å². The van der Waals surface area contributed by atoms with Crippen LogP contribution in [0.25, 0.3) is 4.85 Å². The molecule has 13 heteroatoms. The van der Waals surface area contributed by atoms with Gasteiger partial charge in [-0.3, -0.25) is 39.1 Å². The Morgan fingerprint density at radius 3 is 2.26 bits per heavy atom. The molecule has 1 aliphatic carbocycles. The maximum absolute atomic E-state index is 13.3. The molecule has 1 unspecified atom stereocenters. The van der Waals surface area contributed by atoms with Gasteiger partial charge >= 0.3 is 0 Å². The van der Waals surface area contributed by atoms with Crippen LogP contribution in [0.5, 0.6) is 5.75 Å². The van der Waals surface area contributed by atoms with Gasteiger partial charge in [-0.2, -0.15) is 0 Å². The molecule has 3 fully saturated rings. The minimum atomic E-state index is -0.962. The number of benzene rings is 3. The van der Waals surface area contributed by atoms with Crippen molar-refractivity contribution in [3.8, 4) is 5.75 Å². The molecule has 5 aliphatic rings. The smallest absolute Gasteiger partial charge is 0.262 e. The fourth-order valence-electron chi connectivity index (χ4n) is 8.63. The zero-order chi connectivity index (χ0) is 37.5. The summed E-state index contributed by atoms with van der Waals surface area (Å²) < 4.78 is 6.15. The third-order valence-electron chi connectivity index (χ3n) is 11.5. The zero-order valence-electron chi connectivity index (χ0n) is 29.8. The maximum atomic E-state index is 13.3. The molecule has 0 radical (unpaired) electrons. The van der Waals surface area contributed by atoms with Crippen molar-refractivity contribution in [2.75, 3.05) is 24.5 Å². The van der Waals surface area contributed by atoms with Gasteiger partial charge in [-0.1, -0.05) is 17.7 Å². The first kappa shape index (κ1) is 35.8. The first-order chi connectivity index (χ1) is 26.1. The Bertz CT molecular complexity index is 2030. The van der Waals surface area contributed by atoms with Crippen LogP contribution in [0.15, 0.2) is 54.6 Å². The van der Waals surface area contributed by atoms with Gasteiger partial charge in [0.05, 0.1) is 22.7 Å². The summed E-state index contributed by atoms with van der Waals surface area (Å²) >= 11 is 6.18. The van der Waals surface area contributed by atoms with Gasteiger partial charge in [0, 0.05) is 62.9 Å². The van der Waals surface area contributed by atoms with Gasteiger partial charge in [0.15, 0.2) is 0 Å². The van der Waals surface area contributed by atoms with Gasteiger partial charge in [0.1, 0.15) is 17.9 Å². The molecule has 0 aromatic heterocycles. The average molecular weight is 749 g/mol. The number of anilines is 1. The fraction of sp³-hybridized carbons (Fsp3) is 0.415. The fourth-order valence-corrected chi connectivity index (χ4v) is 8.84. The number of nitrogens with zero attached hydrogens (tertiary/aromatic N) is 4. The number of imide groups is 2. The van der Waals surface area contributed by atoms with E-state index in [1.807, 2.05) is 36.4 Å². The van der Waals surface area contributed by atoms with E-state index in [2.05, 4.69) is 25.3 Å². The lowest BCUT2D eigenvalue weighted by Crippen LogP contribution is -2.54. The number of rotatable bonds is 8. The molecule has 5 amide bonds. The normalized spacial score (nSPS) is 23.1. The lowest BCUT2D eigenvalue weighted by molar-refractivity contribution is -0.136. The number of nitrogens with one attached hydrogen (secondary N) is 2. The second kappa shape index (κ2) is 14.9. The third-order valence-corrected chi connectivity index (χ3v) is 11.8. The number of amides is 5. The summed E-state index contributed by atoms with van der Waals surface area (Å²) in [4.78, 5) is 72.9. The van der Waals surface area contributed by atoms with Crippen molar-refractivity contribution in [2.24, 2.45) is 5.92 Å². The molecule has 3 aromatic rings. The molecule has 3 atom stereocenters. The van der Waals surface area contributed by atoms with Gasteiger partial charge in [0.2, 0.25) is 17.5 Å². The van der Waals surface area contributed by atoms with Crippen molar-refractivity contribution in [1.82, 2.24) is 20.4 Å². The molecular formula is C41H41ClN6O6. The lowest BCUT2D eigenvalue weighted by Gasteiger charge is -2.35. The molecule has 0 spiro atoms. The SMILES string of the molecule is [C-]#[N+]c1ccc(O[C@H]2CCC[C@H](NC(=O)c3ccc(N4CCC(CN5Cc6cc7c(cc6C5)C(=O)N(C5CCC(=O)NC5=O)C7=O)CC4)cc3)C2)cc1Cl. The van der Waals surface area contributed by atoms with Crippen molar-refractivity contribution >= 4 is 52.5 Å². The summed E-state index contributed by atoms with van der Waals surface area (Å²) in [7, 11) is 0. The summed E-state index contributed by atoms with van der Waals surface area (Å²) in [5, 5.41) is 5.82. The minimum Gasteiger partial charge on any atom is -0.490 e. The number of hydrogen-bond donors (Lipinski definition) is 2. The van der Waals surface area contributed by atoms with Crippen LogP contribution >= 0.6 is 11.6 Å². The first-order valence-electron chi connectivity index (χ1n) is 18.7. The average Bonchev–Trinajstić information content (AvgIpc) is 3.67. The highest BCUT2D eigenvalue weighted by Gasteiger charge is 2.45. The zero-order valence-corrected chi connectivity index (χ0v) is 30.6. The quantitative estimate of drug-likeness (QED) is 0.224. The van der Waals surface area contributed by atoms with Crippen LogP contribution in [0.2, 0.25) is 5.02 Å². The molecule has 2 N–H and O–H groups in total. The van der Waals surface area contributed by atoms with E-state index in [1.54, 1.807) is 18.2 Å². The Morgan fingerprint density at radius 2 is 1.61 bits per heavy atom. The largest absolute Gasteiger partial charge is 0.490 e. The Morgan fingerprint density at radius 1 is 0.907 bits per heavy atom. The van der Waals surface area contributed by atoms with Crippen molar-refractivity contribution in [1.29, 1.82) is 0 Å². The standard InChI is InChI=1S/C41H41ClN6O6/c1-43-35-10-9-31(20-34(35)42)54-30-4-2-3-28(19-30)44-38(50)25-5-7-29(8-6-25)47-15-13-24(14-16-47)21-46-22-26-17-32-33(18-27(26)23-46)41(53)48(40(32)52)36-11-12-37(49)45-39(36)51/h5-10,17-18,20,24,28,30,36H,2-4,11-16,19,21-23H2,(H,44,50)(H,45,49,51)/t28-,30-,36?/m0/s1. The molecule has 4 aliphatic heterocycles. The highest BCUT2D eigenvalue weighted by molar-refractivity contribution is 6.33. The van der Waals surface area contributed by atoms with E-state index in [9.17, 15) is 24.0 Å². The maximum Gasteiger partial charge on any atom is 0.262 e. The Hall–Kier alpha value is -5.25. The second-order valence-electron chi connectivity index (χ2n) is 15.1. The number of carbonyl (C=O) groups excluding carboxylic acids is 5. The predicted octanol–water partition coefficient (Wildman–Crippen LogP) is 5.64. The number of halogens is 1. The van der Waals surface area contributed by atoms with Crippen LogP contribution < -0.4 is 20.3 Å². The van der Waals surface area contributed by atoms with E-state index < -0.39 is 23.8 Å². The molecule has 278 valence electrons. The topological polar surface area (TPSA) is 133 Å². The van der Waals surface area contributed by atoms with Crippen LogP contribution in [0.4, 0.5) is 11.4 Å². The molecule has 3 aromatic carbocycles. The Kier molecular flexibility index (Phi) is 9.85. The van der Waals surface area contributed by atoms with Crippen molar-refractivity contribution in [3.05, 3.63) is 98.9 Å². The Balaban J connectivity index is 0.799. The summed E-state index contributed by atoms with van der Waals surface area (Å²) in [6.07, 6.45) is 5.70. The van der Waals surface area contributed by atoms with Gasteiger partial charge in [-0.05, 0) is 104 Å². The Labute approximate surface area is 318 Å². The van der Waals surface area contributed by atoms with Crippen molar-refractivity contribution in [2.45, 2.75) is 82.6 Å². The molecular weight excluding hydrogens is 708 g/mol. The van der Waals surface area contributed by atoms with Crippen LogP contribution in [0.1, 0.15) is 93.6 Å². The minimum absolute atomic E-state index is 0.0116. The van der Waals surface area contributed by atoms with E-state index >= 15 is 0 Å². The number of piperidine rings is 2. The molecule has 0 bridgehead atoms. The predicted molar refractivity (Wildman–Crippen MR) is 200 cm³/mol. The molecule has 1 saturated carbocycles. The molecule has 54 heavy (non-hydrogen) atoms. The summed E-state index contributed by atoms with van der Waals surface area (Å²) in [6, 6.07) is 15.6. The van der Waals surface area contributed by atoms with Crippen molar-refractivity contribution in [3.63, 3.8) is 0 Å². The number of carbonyl (C=O) groups is 5. The summed E-state index contributed by atoms with van der Waals surface area (Å²) in [5.74, 6) is -0.873. The van der Waals surface area contributed by atoms with E-state index in [1.165, 1.54) is 0 Å². The first-order valence-corrected chi connectivity index (χ1v) is 19.1. The van der Waals surface area contributed by atoms with Gasteiger partial charge < -0.3 is 15.0 Å². The molecule has 12 nitrogen and oxygen atoms in total. The highest BCUT2D eigenvalue weighted by Crippen LogP contribution is 2.35. The molecule has 4 heterocycles. The summed E-state index contributed by atoms with van der Waals surface area (Å²) in [6.45, 7) is 11.3. The lowest BCUT2D eigenvalue weighted by atomic mass is 9.92. The molecule has 2 saturated heterocycles. The van der Waals surface area contributed by atoms with E-state index in [4.69, 9.17) is 22.9 Å². The summed E-state index contributed by atoms with van der Waals surface area (Å²) in [5.41, 5.74) is 4.87. The van der Waals surface area contributed by atoms with Crippen LogP contribution in [-0.2, 0) is 22.7 Å². The monoisotopic (exact) mass is 748 g/mol. The third kappa shape index (κ3) is 7.18. The van der Waals surface area contributed by atoms with Crippen LogP contribution in [0.3, 0.4) is 0 Å². The second-order valence-corrected chi connectivity index (χ2v) is 15.5. The number of hydrogen-bond acceptors (Lipinski definition) is 8. The van der Waals surface area contributed by atoms with E-state index in [0.29, 0.717) is 58.6 Å². The molecule has 8 rings (SSSR count). The van der Waals surface area contributed by atoms with Gasteiger partial charge in [-0.15, -0.1) is 0 Å². The number of ether oxygens (including phenoxy) is 1. The van der Waals surface area contributed by atoms with E-state index in [0.717, 1.165) is 73.5 Å². The highest BCUT2D eigenvalue weighted by atomic mass is 35.5. The van der Waals surface area contributed by atoms with Crippen molar-refractivity contribution < 1.29 is 28.7 Å². The van der Waals surface area contributed by atoms with E-state index in [-0.39, 0.29) is 36.8 Å². The number of fused-ring (bicyclic) bond motifs is 2. The van der Waals surface area contributed by atoms with Gasteiger partial charge in [0.25, 0.3) is 17.7 Å².